The molecule has 0 saturated heterocycles. The van der Waals surface area contributed by atoms with Crippen molar-refractivity contribution in [2.45, 2.75) is 58.2 Å². The van der Waals surface area contributed by atoms with Crippen LogP contribution < -0.4 is 10.5 Å². The van der Waals surface area contributed by atoms with Gasteiger partial charge in [0.2, 0.25) is 0 Å². The maximum absolute atomic E-state index is 11.1. The number of aromatic nitrogens is 2. The van der Waals surface area contributed by atoms with Gasteiger partial charge in [0.1, 0.15) is 11.8 Å². The average molecular weight is 268 g/mol. The summed E-state index contributed by atoms with van der Waals surface area (Å²) in [6, 6.07) is -0.0612. The predicted octanol–water partition coefficient (Wildman–Crippen LogP) is 1.77. The summed E-state index contributed by atoms with van der Waals surface area (Å²) in [6.07, 6.45) is 3.72. The molecule has 0 aromatic carbocycles. The number of ether oxygens (including phenoxy) is 1. The second kappa shape index (κ2) is 5.56. The molecule has 1 aliphatic rings. The molecule has 1 heterocycles. The lowest BCUT2D eigenvalue weighted by atomic mass is 9.93. The van der Waals surface area contributed by atoms with Gasteiger partial charge < -0.3 is 10.5 Å². The number of nitrogens with zero attached hydrogens (tertiary/aromatic N) is 3. The quantitative estimate of drug-likeness (QED) is 0.663. The molecule has 1 saturated carbocycles. The molecule has 2 rings (SSSR count). The molecule has 1 aromatic heterocycles. The molecule has 2 N–H and O–H groups in total. The fourth-order valence-corrected chi connectivity index (χ4v) is 2.51. The molecule has 2 atom stereocenters. The first-order valence-electron chi connectivity index (χ1n) is 6.68. The molecular formula is C12H20N4O3. The third-order valence-electron chi connectivity index (χ3n) is 3.55. The van der Waals surface area contributed by atoms with Gasteiger partial charge in [0.05, 0.1) is 4.92 Å². The van der Waals surface area contributed by atoms with Gasteiger partial charge in [0, 0.05) is 12.6 Å². The summed E-state index contributed by atoms with van der Waals surface area (Å²) < 4.78 is 7.37. The lowest BCUT2D eigenvalue weighted by Gasteiger charge is -2.28. The molecule has 0 aliphatic heterocycles. The van der Waals surface area contributed by atoms with Gasteiger partial charge in [0.15, 0.2) is 0 Å². The Kier molecular flexibility index (Phi) is 4.04. The molecule has 7 nitrogen and oxygen atoms in total. The molecule has 1 fully saturated rings. The van der Waals surface area contributed by atoms with Crippen molar-refractivity contribution in [3.63, 3.8) is 0 Å². The van der Waals surface area contributed by atoms with Crippen LogP contribution in [0.4, 0.5) is 5.69 Å². The minimum atomic E-state index is -0.432. The van der Waals surface area contributed by atoms with Gasteiger partial charge in [-0.3, -0.25) is 10.1 Å². The zero-order valence-electron chi connectivity index (χ0n) is 11.3. The van der Waals surface area contributed by atoms with Gasteiger partial charge >= 0.3 is 5.69 Å². The molecule has 0 spiro atoms. The van der Waals surface area contributed by atoms with Gasteiger partial charge in [-0.05, 0) is 33.1 Å². The normalized spacial score (nSPS) is 23.3. The van der Waals surface area contributed by atoms with Crippen LogP contribution in [0, 0.1) is 17.0 Å². The van der Waals surface area contributed by atoms with Crippen LogP contribution in [0.2, 0.25) is 0 Å². The summed E-state index contributed by atoms with van der Waals surface area (Å²) in [5, 5.41) is 15.3. The first-order chi connectivity index (χ1) is 9.04. The Morgan fingerprint density at radius 3 is 2.79 bits per heavy atom. The zero-order valence-corrected chi connectivity index (χ0v) is 11.3. The van der Waals surface area contributed by atoms with Crippen molar-refractivity contribution in [1.82, 2.24) is 9.78 Å². The van der Waals surface area contributed by atoms with Gasteiger partial charge in [-0.2, -0.15) is 5.10 Å². The van der Waals surface area contributed by atoms with E-state index in [0.717, 1.165) is 25.7 Å². The standard InChI is InChI=1S/C12H20N4O3/c1-3-15-12(11(16(17)18)8(2)14-15)19-10-7-5-4-6-9(10)13/h9-10H,3-7,13H2,1-2H3. The molecule has 1 aromatic rings. The summed E-state index contributed by atoms with van der Waals surface area (Å²) in [4.78, 5) is 10.7. The molecular weight excluding hydrogens is 248 g/mol. The Balaban J connectivity index is 2.29. The van der Waals surface area contributed by atoms with E-state index in [2.05, 4.69) is 5.10 Å². The highest BCUT2D eigenvalue weighted by molar-refractivity contribution is 5.45. The molecule has 0 bridgehead atoms. The third-order valence-corrected chi connectivity index (χ3v) is 3.55. The van der Waals surface area contributed by atoms with E-state index in [-0.39, 0.29) is 23.7 Å². The van der Waals surface area contributed by atoms with Crippen molar-refractivity contribution in [3.05, 3.63) is 15.8 Å². The van der Waals surface area contributed by atoms with Crippen LogP contribution in [-0.4, -0.2) is 26.8 Å². The number of hydrogen-bond donors (Lipinski definition) is 1. The SMILES string of the molecule is CCn1nc(C)c([N+](=O)[O-])c1OC1CCCCC1N. The largest absolute Gasteiger partial charge is 0.468 e. The Labute approximate surface area is 111 Å². The molecule has 0 radical (unpaired) electrons. The maximum Gasteiger partial charge on any atom is 0.353 e. The number of nitrogens with two attached hydrogens (primary N) is 1. The lowest BCUT2D eigenvalue weighted by molar-refractivity contribution is -0.386. The minimum absolute atomic E-state index is 0.0420. The fourth-order valence-electron chi connectivity index (χ4n) is 2.51. The first kappa shape index (κ1) is 13.8. The minimum Gasteiger partial charge on any atom is -0.468 e. The number of nitro groups is 1. The number of hydrogen-bond acceptors (Lipinski definition) is 5. The van der Waals surface area contributed by atoms with E-state index in [4.69, 9.17) is 10.5 Å². The van der Waals surface area contributed by atoms with Crippen molar-refractivity contribution in [2.75, 3.05) is 0 Å². The monoisotopic (exact) mass is 268 g/mol. The van der Waals surface area contributed by atoms with E-state index in [1.807, 2.05) is 6.92 Å². The Morgan fingerprint density at radius 1 is 1.53 bits per heavy atom. The van der Waals surface area contributed by atoms with E-state index in [9.17, 15) is 10.1 Å². The second-order valence-corrected chi connectivity index (χ2v) is 4.92. The highest BCUT2D eigenvalue weighted by Gasteiger charge is 2.31. The number of aryl methyl sites for hydroxylation is 2. The van der Waals surface area contributed by atoms with Crippen LogP contribution >= 0.6 is 0 Å². The van der Waals surface area contributed by atoms with E-state index in [0.29, 0.717) is 12.2 Å². The van der Waals surface area contributed by atoms with E-state index >= 15 is 0 Å². The smallest absolute Gasteiger partial charge is 0.353 e. The molecule has 1 aliphatic carbocycles. The Bertz CT molecular complexity index is 472. The first-order valence-corrected chi connectivity index (χ1v) is 6.68. The van der Waals surface area contributed by atoms with Crippen molar-refractivity contribution in [1.29, 1.82) is 0 Å². The molecule has 2 unspecified atom stereocenters. The van der Waals surface area contributed by atoms with Crippen molar-refractivity contribution < 1.29 is 9.66 Å². The van der Waals surface area contributed by atoms with Gasteiger partial charge in [-0.25, -0.2) is 4.68 Å². The summed E-state index contributed by atoms with van der Waals surface area (Å²) in [5.74, 6) is 0.243. The molecule has 106 valence electrons. The Morgan fingerprint density at radius 2 is 2.21 bits per heavy atom. The van der Waals surface area contributed by atoms with Gasteiger partial charge in [0.25, 0.3) is 5.88 Å². The maximum atomic E-state index is 11.1. The van der Waals surface area contributed by atoms with Crippen LogP contribution in [0.1, 0.15) is 38.3 Å². The predicted molar refractivity (Wildman–Crippen MR) is 70.2 cm³/mol. The zero-order chi connectivity index (χ0) is 14.0. The van der Waals surface area contributed by atoms with E-state index < -0.39 is 4.92 Å². The highest BCUT2D eigenvalue weighted by atomic mass is 16.6. The average Bonchev–Trinajstić information content (AvgIpc) is 2.68. The summed E-state index contributed by atoms with van der Waals surface area (Å²) in [7, 11) is 0. The second-order valence-electron chi connectivity index (χ2n) is 4.92. The van der Waals surface area contributed by atoms with Crippen LogP contribution in [-0.2, 0) is 6.54 Å². The van der Waals surface area contributed by atoms with Gasteiger partial charge in [-0.1, -0.05) is 6.42 Å². The number of rotatable bonds is 4. The third kappa shape index (κ3) is 2.70. The molecule has 0 amide bonds. The van der Waals surface area contributed by atoms with Crippen LogP contribution in [0.3, 0.4) is 0 Å². The van der Waals surface area contributed by atoms with Crippen LogP contribution in [0.15, 0.2) is 0 Å². The summed E-state index contributed by atoms with van der Waals surface area (Å²) in [5.41, 5.74) is 6.37. The summed E-state index contributed by atoms with van der Waals surface area (Å²) in [6.45, 7) is 4.04. The topological polar surface area (TPSA) is 96.2 Å². The highest BCUT2D eigenvalue weighted by Crippen LogP contribution is 2.33. The van der Waals surface area contributed by atoms with Crippen molar-refractivity contribution in [2.24, 2.45) is 5.73 Å². The van der Waals surface area contributed by atoms with Crippen LogP contribution in [0.5, 0.6) is 5.88 Å². The van der Waals surface area contributed by atoms with Gasteiger partial charge in [-0.15, -0.1) is 0 Å². The summed E-state index contributed by atoms with van der Waals surface area (Å²) >= 11 is 0. The van der Waals surface area contributed by atoms with E-state index in [1.54, 1.807) is 6.92 Å². The lowest BCUT2D eigenvalue weighted by Crippen LogP contribution is -2.41. The van der Waals surface area contributed by atoms with Crippen molar-refractivity contribution >= 4 is 5.69 Å². The van der Waals surface area contributed by atoms with Crippen LogP contribution in [0.25, 0.3) is 0 Å². The molecule has 19 heavy (non-hydrogen) atoms. The Hall–Kier alpha value is -1.63. The van der Waals surface area contributed by atoms with Crippen molar-refractivity contribution in [3.8, 4) is 5.88 Å². The van der Waals surface area contributed by atoms with E-state index in [1.165, 1.54) is 4.68 Å². The molecule has 7 heteroatoms. The fraction of sp³-hybridized carbons (Fsp3) is 0.750.